The molecule has 1 aliphatic heterocycles. The van der Waals surface area contributed by atoms with Gasteiger partial charge in [-0.25, -0.2) is 0 Å². The van der Waals surface area contributed by atoms with Crippen LogP contribution >= 0.6 is 0 Å². The van der Waals surface area contributed by atoms with Crippen LogP contribution in [0.5, 0.6) is 5.75 Å². The topological polar surface area (TPSA) is 35.5 Å². The summed E-state index contributed by atoms with van der Waals surface area (Å²) < 4.78 is 11.2. The van der Waals surface area contributed by atoms with Crippen LogP contribution in [0.3, 0.4) is 0 Å². The molecule has 1 aromatic rings. The largest absolute Gasteiger partial charge is 0.497 e. The number of esters is 1. The van der Waals surface area contributed by atoms with E-state index in [0.717, 1.165) is 31.4 Å². The predicted octanol–water partition coefficient (Wildman–Crippen LogP) is 3.85. The molecule has 1 saturated heterocycles. The zero-order valence-electron chi connectivity index (χ0n) is 13.4. The Hall–Kier alpha value is -1.51. The quantitative estimate of drug-likeness (QED) is 0.739. The number of hydrogen-bond acceptors (Lipinski definition) is 3. The summed E-state index contributed by atoms with van der Waals surface area (Å²) in [6.07, 6.45) is 6.05. The fraction of sp³-hybridized carbons (Fsp3) is 0.632. The number of carbonyl (C=O) groups excluding carboxylic acids is 1. The molecular formula is C19H24O3. The molecule has 0 radical (unpaired) electrons. The Morgan fingerprint density at radius 2 is 2.09 bits per heavy atom. The molecule has 22 heavy (non-hydrogen) atoms. The lowest BCUT2D eigenvalue weighted by atomic mass is 9.57. The van der Waals surface area contributed by atoms with Crippen LogP contribution in [-0.2, 0) is 16.0 Å². The highest BCUT2D eigenvalue weighted by atomic mass is 16.6. The van der Waals surface area contributed by atoms with Crippen LogP contribution in [-0.4, -0.2) is 18.7 Å². The van der Waals surface area contributed by atoms with Gasteiger partial charge < -0.3 is 9.47 Å². The summed E-state index contributed by atoms with van der Waals surface area (Å²) >= 11 is 0. The molecule has 0 bridgehead atoms. The van der Waals surface area contributed by atoms with Crippen LogP contribution in [0.4, 0.5) is 0 Å². The Morgan fingerprint density at radius 3 is 2.91 bits per heavy atom. The van der Waals surface area contributed by atoms with E-state index in [2.05, 4.69) is 25.1 Å². The molecule has 3 heteroatoms. The Balaban J connectivity index is 1.66. The van der Waals surface area contributed by atoms with E-state index in [9.17, 15) is 4.79 Å². The summed E-state index contributed by atoms with van der Waals surface area (Å²) in [5, 5.41) is 0. The average Bonchev–Trinajstić information content (AvgIpc) is 2.52. The highest BCUT2D eigenvalue weighted by Gasteiger charge is 2.52. The van der Waals surface area contributed by atoms with Crippen LogP contribution in [0.25, 0.3) is 0 Å². The highest BCUT2D eigenvalue weighted by molar-refractivity contribution is 5.71. The lowest BCUT2D eigenvalue weighted by Crippen LogP contribution is -2.52. The number of hydrogen-bond donors (Lipinski definition) is 0. The molecule has 3 aliphatic rings. The van der Waals surface area contributed by atoms with Crippen molar-refractivity contribution in [3.05, 3.63) is 29.3 Å². The molecular weight excluding hydrogens is 276 g/mol. The molecule has 1 saturated carbocycles. The second kappa shape index (κ2) is 5.00. The van der Waals surface area contributed by atoms with E-state index in [4.69, 9.17) is 9.47 Å². The lowest BCUT2D eigenvalue weighted by molar-refractivity contribution is -0.185. The van der Waals surface area contributed by atoms with Gasteiger partial charge in [0.2, 0.25) is 0 Å². The van der Waals surface area contributed by atoms with E-state index in [1.54, 1.807) is 7.11 Å². The number of methoxy groups -OCH3 is 1. The van der Waals surface area contributed by atoms with Crippen LogP contribution in [0.2, 0.25) is 0 Å². The van der Waals surface area contributed by atoms with Gasteiger partial charge in [0.25, 0.3) is 0 Å². The minimum Gasteiger partial charge on any atom is -0.497 e. The van der Waals surface area contributed by atoms with Crippen LogP contribution in [0, 0.1) is 11.8 Å². The molecule has 0 N–H and O–H groups in total. The van der Waals surface area contributed by atoms with Crippen molar-refractivity contribution in [2.75, 3.05) is 7.11 Å². The van der Waals surface area contributed by atoms with Crippen molar-refractivity contribution in [2.24, 2.45) is 11.8 Å². The standard InChI is InChI=1S/C19H24O3/c1-19-10-9-15-14-6-4-13(21-2)11-12(14)3-5-16(15)17(19)7-8-18(20)22-19/h4,6,11,15-17H,3,5,7-10H2,1-2H3/t15-,16-,17-,19+/m0/s1. The molecule has 2 aliphatic carbocycles. The van der Waals surface area contributed by atoms with Crippen molar-refractivity contribution in [2.45, 2.75) is 57.0 Å². The number of fused-ring (bicyclic) bond motifs is 5. The second-order valence-electron chi connectivity index (χ2n) is 7.34. The van der Waals surface area contributed by atoms with Crippen LogP contribution in [0.15, 0.2) is 18.2 Å². The monoisotopic (exact) mass is 300 g/mol. The molecule has 4 atom stereocenters. The fourth-order valence-corrected chi connectivity index (χ4v) is 5.20. The first-order valence-electron chi connectivity index (χ1n) is 8.49. The fourth-order valence-electron chi connectivity index (χ4n) is 5.20. The zero-order valence-corrected chi connectivity index (χ0v) is 13.4. The van der Waals surface area contributed by atoms with Gasteiger partial charge in [0.1, 0.15) is 11.4 Å². The summed E-state index contributed by atoms with van der Waals surface area (Å²) in [7, 11) is 1.73. The molecule has 0 amide bonds. The van der Waals surface area contributed by atoms with Gasteiger partial charge in [-0.15, -0.1) is 0 Å². The van der Waals surface area contributed by atoms with Crippen molar-refractivity contribution in [3.8, 4) is 5.75 Å². The maximum atomic E-state index is 11.7. The SMILES string of the molecule is COc1ccc2c(c1)CC[C@H]1[C@H]2CC[C@@]2(C)OC(=O)CC[C@@H]12. The Morgan fingerprint density at radius 1 is 1.23 bits per heavy atom. The number of rotatable bonds is 1. The molecule has 118 valence electrons. The lowest BCUT2D eigenvalue weighted by Gasteiger charge is -2.53. The van der Waals surface area contributed by atoms with Gasteiger partial charge in [-0.3, -0.25) is 4.79 Å². The van der Waals surface area contributed by atoms with E-state index >= 15 is 0 Å². The van der Waals surface area contributed by atoms with Gasteiger partial charge in [-0.05, 0) is 74.1 Å². The van der Waals surface area contributed by atoms with Gasteiger partial charge in [0.15, 0.2) is 0 Å². The van der Waals surface area contributed by atoms with Crippen molar-refractivity contribution < 1.29 is 14.3 Å². The molecule has 3 nitrogen and oxygen atoms in total. The van der Waals surface area contributed by atoms with E-state index in [0.29, 0.717) is 24.2 Å². The third-order valence-corrected chi connectivity index (χ3v) is 6.27. The van der Waals surface area contributed by atoms with Gasteiger partial charge in [0.05, 0.1) is 7.11 Å². The second-order valence-corrected chi connectivity index (χ2v) is 7.34. The van der Waals surface area contributed by atoms with E-state index in [1.165, 1.54) is 17.5 Å². The first-order valence-corrected chi connectivity index (χ1v) is 8.49. The number of aryl methyl sites for hydroxylation is 1. The molecule has 4 rings (SSSR count). The third kappa shape index (κ3) is 2.05. The first-order chi connectivity index (χ1) is 10.6. The molecule has 1 heterocycles. The van der Waals surface area contributed by atoms with E-state index in [1.807, 2.05) is 0 Å². The van der Waals surface area contributed by atoms with E-state index < -0.39 is 0 Å². The predicted molar refractivity (Wildman–Crippen MR) is 84.0 cm³/mol. The average molecular weight is 300 g/mol. The van der Waals surface area contributed by atoms with Crippen LogP contribution in [0.1, 0.15) is 56.1 Å². The van der Waals surface area contributed by atoms with Gasteiger partial charge in [-0.1, -0.05) is 6.07 Å². The Bertz CT molecular complexity index is 609. The number of carbonyl (C=O) groups is 1. The summed E-state index contributed by atoms with van der Waals surface area (Å²) in [6, 6.07) is 6.57. The van der Waals surface area contributed by atoms with E-state index in [-0.39, 0.29) is 11.6 Å². The summed E-state index contributed by atoms with van der Waals surface area (Å²) in [5.74, 6) is 2.78. The summed E-state index contributed by atoms with van der Waals surface area (Å²) in [6.45, 7) is 2.16. The molecule has 2 fully saturated rings. The van der Waals surface area contributed by atoms with Gasteiger partial charge >= 0.3 is 5.97 Å². The normalized spacial score (nSPS) is 36.6. The van der Waals surface area contributed by atoms with Crippen LogP contribution < -0.4 is 4.74 Å². The van der Waals surface area contributed by atoms with Gasteiger partial charge in [-0.2, -0.15) is 0 Å². The molecule has 0 spiro atoms. The highest BCUT2D eigenvalue weighted by Crippen LogP contribution is 2.55. The van der Waals surface area contributed by atoms with Gasteiger partial charge in [0, 0.05) is 12.3 Å². The summed E-state index contributed by atoms with van der Waals surface area (Å²) in [4.78, 5) is 11.7. The maximum Gasteiger partial charge on any atom is 0.306 e. The summed E-state index contributed by atoms with van der Waals surface area (Å²) in [5.41, 5.74) is 2.74. The molecule has 1 aromatic carbocycles. The van der Waals surface area contributed by atoms with Crippen molar-refractivity contribution in [3.63, 3.8) is 0 Å². The molecule has 0 aromatic heterocycles. The smallest absolute Gasteiger partial charge is 0.306 e. The maximum absolute atomic E-state index is 11.7. The Labute approximate surface area is 132 Å². The van der Waals surface area contributed by atoms with Crippen molar-refractivity contribution >= 4 is 5.97 Å². The molecule has 0 unspecified atom stereocenters. The minimum atomic E-state index is -0.222. The third-order valence-electron chi connectivity index (χ3n) is 6.27. The number of ether oxygens (including phenoxy) is 2. The Kier molecular flexibility index (Phi) is 3.21. The van der Waals surface area contributed by atoms with Crippen molar-refractivity contribution in [1.82, 2.24) is 0 Å². The number of benzene rings is 1. The first kappa shape index (κ1) is 14.1. The zero-order chi connectivity index (χ0) is 15.3. The van der Waals surface area contributed by atoms with Crippen molar-refractivity contribution in [1.29, 1.82) is 0 Å². The minimum absolute atomic E-state index is 0.00172.